The zero-order chi connectivity index (χ0) is 21.0. The van der Waals surface area contributed by atoms with Crippen molar-refractivity contribution in [2.45, 2.75) is 26.2 Å². The van der Waals surface area contributed by atoms with Gasteiger partial charge in [0.05, 0.1) is 5.41 Å². The number of nitrogens with zero attached hydrogens (tertiary/aromatic N) is 4. The van der Waals surface area contributed by atoms with E-state index < -0.39 is 5.41 Å². The second-order valence-electron chi connectivity index (χ2n) is 7.20. The van der Waals surface area contributed by atoms with Crippen molar-refractivity contribution in [3.05, 3.63) is 72.1 Å². The molecule has 0 aliphatic heterocycles. The Morgan fingerprint density at radius 1 is 1.28 bits per heavy atom. The zero-order valence-electron chi connectivity index (χ0n) is 16.8. The Morgan fingerprint density at radius 3 is 2.55 bits per heavy atom. The lowest BCUT2D eigenvalue weighted by molar-refractivity contribution is 0.350. The van der Waals surface area contributed by atoms with Crippen LogP contribution in [0.15, 0.2) is 64.6 Å². The molecule has 0 saturated heterocycles. The van der Waals surface area contributed by atoms with Crippen LogP contribution < -0.4 is 11.5 Å². The highest BCUT2D eigenvalue weighted by Crippen LogP contribution is 2.38. The number of benzene rings is 1. The summed E-state index contributed by atoms with van der Waals surface area (Å²) >= 11 is 0. The summed E-state index contributed by atoms with van der Waals surface area (Å²) in [6.07, 6.45) is 4.72. The van der Waals surface area contributed by atoms with Crippen molar-refractivity contribution in [3.8, 4) is 11.6 Å². The van der Waals surface area contributed by atoms with Crippen LogP contribution in [-0.4, -0.2) is 26.6 Å². The lowest BCUT2D eigenvalue weighted by atomic mass is 9.72. The minimum absolute atomic E-state index is 0.215. The van der Waals surface area contributed by atoms with Crippen LogP contribution in [0.1, 0.15) is 37.7 Å². The summed E-state index contributed by atoms with van der Waals surface area (Å²) in [5, 5.41) is 11.0. The third-order valence-corrected chi connectivity index (χ3v) is 5.14. The molecule has 1 unspecified atom stereocenters. The van der Waals surface area contributed by atoms with E-state index in [1.807, 2.05) is 24.3 Å². The number of H-pyrrole nitrogens is 1. The van der Waals surface area contributed by atoms with E-state index in [4.69, 9.17) is 16.0 Å². The fourth-order valence-corrected chi connectivity index (χ4v) is 3.01. The van der Waals surface area contributed by atoms with Crippen LogP contribution in [0.5, 0.6) is 0 Å². The van der Waals surface area contributed by atoms with Gasteiger partial charge < -0.3 is 16.0 Å². The molecule has 0 saturated carbocycles. The van der Waals surface area contributed by atoms with Gasteiger partial charge in [0.2, 0.25) is 0 Å². The summed E-state index contributed by atoms with van der Waals surface area (Å²) in [5.41, 5.74) is 14.2. The number of hydrogen-bond donors (Lipinski definition) is 3. The number of nitrogens with one attached hydrogen (secondary N) is 1. The fraction of sp³-hybridized carbons (Fsp3) is 0.238. The van der Waals surface area contributed by atoms with Gasteiger partial charge in [-0.05, 0) is 30.0 Å². The minimum atomic E-state index is -0.452. The molecular weight excluding hydrogens is 366 g/mol. The predicted molar refractivity (Wildman–Crippen MR) is 114 cm³/mol. The van der Waals surface area contributed by atoms with Crippen LogP contribution in [-0.2, 0) is 5.41 Å². The molecule has 0 radical (unpaired) electrons. The Bertz CT molecular complexity index is 1030. The molecule has 150 valence electrons. The van der Waals surface area contributed by atoms with Gasteiger partial charge in [0, 0.05) is 24.2 Å². The van der Waals surface area contributed by atoms with E-state index in [9.17, 15) is 0 Å². The maximum atomic E-state index is 5.74. The molecule has 0 spiro atoms. The van der Waals surface area contributed by atoms with Crippen LogP contribution in [0.2, 0.25) is 0 Å². The summed E-state index contributed by atoms with van der Waals surface area (Å²) < 4.78 is 5.47. The fourth-order valence-electron chi connectivity index (χ4n) is 3.01. The van der Waals surface area contributed by atoms with Crippen LogP contribution >= 0.6 is 0 Å². The molecule has 5 N–H and O–H groups in total. The van der Waals surface area contributed by atoms with Gasteiger partial charge in [-0.1, -0.05) is 49.8 Å². The molecule has 2 heterocycles. The Hall–Kier alpha value is -3.68. The number of aromatic amines is 1. The highest BCUT2D eigenvalue weighted by Gasteiger charge is 2.37. The summed E-state index contributed by atoms with van der Waals surface area (Å²) in [4.78, 5) is 8.64. The molecule has 29 heavy (non-hydrogen) atoms. The number of nitrogens with two attached hydrogens (primary N) is 2. The van der Waals surface area contributed by atoms with Gasteiger partial charge in [-0.25, -0.2) is 4.99 Å². The van der Waals surface area contributed by atoms with E-state index >= 15 is 0 Å². The second-order valence-corrected chi connectivity index (χ2v) is 7.20. The Balaban J connectivity index is 1.96. The molecule has 2 aromatic heterocycles. The third-order valence-electron chi connectivity index (χ3n) is 5.14. The molecule has 0 aliphatic carbocycles. The first-order valence-electron chi connectivity index (χ1n) is 9.21. The first-order valence-corrected chi connectivity index (χ1v) is 9.21. The maximum absolute atomic E-state index is 5.74. The minimum Gasteiger partial charge on any atom is -0.404 e. The summed E-state index contributed by atoms with van der Waals surface area (Å²) in [7, 11) is 0. The van der Waals surface area contributed by atoms with E-state index in [0.29, 0.717) is 17.4 Å². The Morgan fingerprint density at radius 2 is 2.00 bits per heavy atom. The normalized spacial score (nSPS) is 14.4. The van der Waals surface area contributed by atoms with Crippen molar-refractivity contribution in [2.75, 3.05) is 0 Å². The van der Waals surface area contributed by atoms with Crippen molar-refractivity contribution in [2.24, 2.45) is 22.4 Å². The molecule has 1 atom stereocenters. The average molecular weight is 391 g/mol. The standard InChI is InChI=1S/C21H25N7O/c1-13(2)21(4,20-26-19(29-28-20)18-9-10-25-27-18)17-7-5-15(6-8-17)16(11-22)12-24-14(3)23/h5-13H,3,22-23H2,1-2,4H3,(H,25,27)/b16-11+,24-12-. The number of aromatic nitrogens is 4. The van der Waals surface area contributed by atoms with Crippen LogP contribution in [0.25, 0.3) is 17.2 Å². The molecule has 3 rings (SSSR count). The van der Waals surface area contributed by atoms with Crippen molar-refractivity contribution in [1.29, 1.82) is 0 Å². The second kappa shape index (κ2) is 8.14. The van der Waals surface area contributed by atoms with Crippen LogP contribution in [0.4, 0.5) is 0 Å². The molecule has 0 fully saturated rings. The van der Waals surface area contributed by atoms with E-state index in [1.54, 1.807) is 18.5 Å². The van der Waals surface area contributed by atoms with E-state index in [-0.39, 0.29) is 11.7 Å². The maximum Gasteiger partial charge on any atom is 0.275 e. The molecule has 0 aliphatic rings. The monoisotopic (exact) mass is 391 g/mol. The van der Waals surface area contributed by atoms with E-state index in [2.05, 4.69) is 52.7 Å². The van der Waals surface area contributed by atoms with Crippen LogP contribution in [0.3, 0.4) is 0 Å². The largest absolute Gasteiger partial charge is 0.404 e. The van der Waals surface area contributed by atoms with Gasteiger partial charge in [-0.15, -0.1) is 0 Å². The van der Waals surface area contributed by atoms with Gasteiger partial charge in [-0.3, -0.25) is 5.10 Å². The van der Waals surface area contributed by atoms with Gasteiger partial charge in [-0.2, -0.15) is 10.1 Å². The van der Waals surface area contributed by atoms with E-state index in [1.165, 1.54) is 6.20 Å². The van der Waals surface area contributed by atoms with Crippen molar-refractivity contribution in [3.63, 3.8) is 0 Å². The number of allylic oxidation sites excluding steroid dienone is 1. The van der Waals surface area contributed by atoms with Crippen molar-refractivity contribution >= 4 is 11.8 Å². The Kier molecular flexibility index (Phi) is 5.63. The van der Waals surface area contributed by atoms with E-state index in [0.717, 1.165) is 16.7 Å². The topological polar surface area (TPSA) is 132 Å². The van der Waals surface area contributed by atoms with Crippen molar-refractivity contribution < 1.29 is 4.52 Å². The Labute approximate surface area is 169 Å². The highest BCUT2D eigenvalue weighted by molar-refractivity contribution is 6.09. The summed E-state index contributed by atoms with van der Waals surface area (Å²) in [6, 6.07) is 9.83. The molecule has 8 nitrogen and oxygen atoms in total. The average Bonchev–Trinajstić information content (AvgIpc) is 3.39. The quantitative estimate of drug-likeness (QED) is 0.530. The molecule has 0 amide bonds. The lowest BCUT2D eigenvalue weighted by Gasteiger charge is -2.31. The smallest absolute Gasteiger partial charge is 0.275 e. The van der Waals surface area contributed by atoms with Gasteiger partial charge >= 0.3 is 0 Å². The van der Waals surface area contributed by atoms with Crippen molar-refractivity contribution in [1.82, 2.24) is 20.3 Å². The predicted octanol–water partition coefficient (Wildman–Crippen LogP) is 3.22. The SMILES string of the molecule is C=C(N)/N=C\C(=C/N)c1ccc(C(C)(c2noc(-c3ccn[nH]3)n2)C(C)C)cc1. The van der Waals surface area contributed by atoms with Gasteiger partial charge in [0.15, 0.2) is 5.82 Å². The number of aliphatic imine (C=N–C) groups is 1. The van der Waals surface area contributed by atoms with Gasteiger partial charge in [0.25, 0.3) is 5.89 Å². The summed E-state index contributed by atoms with van der Waals surface area (Å²) in [5.74, 6) is 1.46. The molecule has 3 aromatic rings. The number of rotatable bonds is 7. The van der Waals surface area contributed by atoms with Crippen LogP contribution in [0, 0.1) is 5.92 Å². The molecule has 0 bridgehead atoms. The first kappa shape index (κ1) is 20.1. The first-order chi connectivity index (χ1) is 13.9. The molecule has 8 heteroatoms. The zero-order valence-corrected chi connectivity index (χ0v) is 16.8. The molecule has 1 aromatic carbocycles. The highest BCUT2D eigenvalue weighted by atomic mass is 16.5. The summed E-state index contributed by atoms with van der Waals surface area (Å²) in [6.45, 7) is 9.92. The lowest BCUT2D eigenvalue weighted by Crippen LogP contribution is -2.31. The van der Waals surface area contributed by atoms with Gasteiger partial charge in [0.1, 0.15) is 11.5 Å². The number of hydrogen-bond acceptors (Lipinski definition) is 7. The third kappa shape index (κ3) is 3.96. The molecular formula is C21H25N7O.